The minimum absolute atomic E-state index is 0.334. The van der Waals surface area contributed by atoms with Gasteiger partial charge >= 0.3 is 0 Å². The van der Waals surface area contributed by atoms with Crippen molar-refractivity contribution in [1.29, 1.82) is 0 Å². The van der Waals surface area contributed by atoms with Crippen LogP contribution >= 0.6 is 11.8 Å². The van der Waals surface area contributed by atoms with Crippen LogP contribution in [0.3, 0.4) is 0 Å². The molecule has 0 unspecified atom stereocenters. The van der Waals surface area contributed by atoms with Gasteiger partial charge in [-0.1, -0.05) is 12.1 Å². The summed E-state index contributed by atoms with van der Waals surface area (Å²) in [6.45, 7) is 0. The first kappa shape index (κ1) is 11.5. The third-order valence-corrected chi connectivity index (χ3v) is 3.66. The van der Waals surface area contributed by atoms with E-state index in [1.807, 2.05) is 6.08 Å². The van der Waals surface area contributed by atoms with E-state index < -0.39 is 0 Å². The molecule has 0 heterocycles. The fourth-order valence-electron chi connectivity index (χ4n) is 1.95. The minimum Gasteiger partial charge on any atom is -0.295 e. The second-order valence-corrected chi connectivity index (χ2v) is 4.95. The Morgan fingerprint density at radius 1 is 1.12 bits per heavy atom. The lowest BCUT2D eigenvalue weighted by Gasteiger charge is -2.12. The Kier molecular flexibility index (Phi) is 3.83. The summed E-state index contributed by atoms with van der Waals surface area (Å²) in [5, 5.41) is 0. The first-order valence-electron chi connectivity index (χ1n) is 5.67. The van der Waals surface area contributed by atoms with E-state index in [0.717, 1.165) is 36.8 Å². The Morgan fingerprint density at radius 3 is 2.44 bits per heavy atom. The molecule has 1 fully saturated rings. The van der Waals surface area contributed by atoms with Crippen LogP contribution in [0, 0.1) is 0 Å². The van der Waals surface area contributed by atoms with E-state index >= 15 is 0 Å². The molecule has 1 aliphatic rings. The van der Waals surface area contributed by atoms with Gasteiger partial charge in [-0.05, 0) is 54.9 Å². The Bertz CT molecular complexity index is 403. The largest absolute Gasteiger partial charge is 0.295 e. The van der Waals surface area contributed by atoms with Crippen LogP contribution in [0.2, 0.25) is 0 Å². The van der Waals surface area contributed by atoms with Crippen LogP contribution in [-0.4, -0.2) is 12.0 Å². The number of rotatable bonds is 2. The molecular formula is C14H16OS. The molecule has 2 heteroatoms. The van der Waals surface area contributed by atoms with Gasteiger partial charge in [0.2, 0.25) is 0 Å². The van der Waals surface area contributed by atoms with E-state index in [1.165, 1.54) is 4.90 Å². The monoisotopic (exact) mass is 232 g/mol. The summed E-state index contributed by atoms with van der Waals surface area (Å²) in [6, 6.07) is 8.37. The van der Waals surface area contributed by atoms with Gasteiger partial charge in [-0.25, -0.2) is 0 Å². The minimum atomic E-state index is 0.334. The molecular weight excluding hydrogens is 216 g/mol. The molecule has 0 radical (unpaired) electrons. The molecule has 1 aromatic rings. The summed E-state index contributed by atoms with van der Waals surface area (Å²) in [4.78, 5) is 12.9. The molecule has 0 spiro atoms. The number of benzene rings is 1. The van der Waals surface area contributed by atoms with Crippen LogP contribution in [0.15, 0.2) is 34.7 Å². The Labute approximate surface area is 101 Å². The van der Waals surface area contributed by atoms with Crippen LogP contribution in [0.1, 0.15) is 31.2 Å². The Balaban J connectivity index is 2.17. The summed E-state index contributed by atoms with van der Waals surface area (Å²) in [6.07, 6.45) is 8.00. The number of ketones is 1. The predicted molar refractivity (Wildman–Crippen MR) is 69.7 cm³/mol. The Morgan fingerprint density at radius 2 is 1.81 bits per heavy atom. The third kappa shape index (κ3) is 2.76. The van der Waals surface area contributed by atoms with E-state index in [9.17, 15) is 4.79 Å². The van der Waals surface area contributed by atoms with Gasteiger partial charge in [0.25, 0.3) is 0 Å². The predicted octanol–water partition coefficient (Wildman–Crippen LogP) is 3.94. The second kappa shape index (κ2) is 5.35. The van der Waals surface area contributed by atoms with Crippen molar-refractivity contribution >= 4 is 23.6 Å². The van der Waals surface area contributed by atoms with Gasteiger partial charge in [-0.2, -0.15) is 0 Å². The van der Waals surface area contributed by atoms with Crippen molar-refractivity contribution in [2.24, 2.45) is 0 Å². The van der Waals surface area contributed by atoms with Crippen LogP contribution < -0.4 is 0 Å². The third-order valence-electron chi connectivity index (χ3n) is 2.91. The van der Waals surface area contributed by atoms with Crippen molar-refractivity contribution in [2.75, 3.05) is 6.26 Å². The molecule has 1 saturated carbocycles. The van der Waals surface area contributed by atoms with E-state index in [-0.39, 0.29) is 0 Å². The topological polar surface area (TPSA) is 17.1 Å². The zero-order valence-electron chi connectivity index (χ0n) is 9.53. The average molecular weight is 232 g/mol. The summed E-state index contributed by atoms with van der Waals surface area (Å²) in [5.41, 5.74) is 2.14. The number of hydrogen-bond acceptors (Lipinski definition) is 2. The number of hydrogen-bond donors (Lipinski definition) is 0. The highest BCUT2D eigenvalue weighted by molar-refractivity contribution is 7.98. The number of allylic oxidation sites excluding steroid dienone is 1. The van der Waals surface area contributed by atoms with E-state index in [2.05, 4.69) is 30.5 Å². The van der Waals surface area contributed by atoms with Crippen molar-refractivity contribution in [3.63, 3.8) is 0 Å². The molecule has 16 heavy (non-hydrogen) atoms. The number of carbonyl (C=O) groups excluding carboxylic acids is 1. The zero-order chi connectivity index (χ0) is 11.4. The number of thioether (sulfide) groups is 1. The number of carbonyl (C=O) groups is 1. The van der Waals surface area contributed by atoms with Gasteiger partial charge < -0.3 is 0 Å². The van der Waals surface area contributed by atoms with Crippen molar-refractivity contribution in [3.05, 3.63) is 35.4 Å². The summed E-state index contributed by atoms with van der Waals surface area (Å²) >= 11 is 1.74. The first-order chi connectivity index (χ1) is 7.79. The SMILES string of the molecule is CSc1ccc(/C=C2/CCCCC2=O)cc1. The molecule has 2 rings (SSSR count). The normalized spacial score (nSPS) is 19.1. The van der Waals surface area contributed by atoms with Crippen molar-refractivity contribution < 1.29 is 4.79 Å². The molecule has 0 amide bonds. The fraction of sp³-hybridized carbons (Fsp3) is 0.357. The van der Waals surface area contributed by atoms with Gasteiger partial charge in [0, 0.05) is 11.3 Å². The van der Waals surface area contributed by atoms with E-state index in [1.54, 1.807) is 11.8 Å². The molecule has 1 aromatic carbocycles. The van der Waals surface area contributed by atoms with Crippen LogP contribution in [0.5, 0.6) is 0 Å². The average Bonchev–Trinajstić information content (AvgIpc) is 2.33. The maximum Gasteiger partial charge on any atom is 0.158 e. The van der Waals surface area contributed by atoms with Crippen molar-refractivity contribution in [3.8, 4) is 0 Å². The van der Waals surface area contributed by atoms with Gasteiger partial charge in [0.05, 0.1) is 0 Å². The molecule has 1 nitrogen and oxygen atoms in total. The highest BCUT2D eigenvalue weighted by atomic mass is 32.2. The standard InChI is InChI=1S/C14H16OS/c1-16-13-8-6-11(7-9-13)10-12-4-2-3-5-14(12)15/h6-10H,2-5H2,1H3/b12-10-. The quantitative estimate of drug-likeness (QED) is 0.567. The highest BCUT2D eigenvalue weighted by Crippen LogP contribution is 2.23. The van der Waals surface area contributed by atoms with E-state index in [4.69, 9.17) is 0 Å². The van der Waals surface area contributed by atoms with Crippen LogP contribution in [0.4, 0.5) is 0 Å². The lowest BCUT2D eigenvalue weighted by molar-refractivity contribution is -0.116. The number of Topliss-reactive ketones (excluding diaryl/α,β-unsaturated/α-hetero) is 1. The van der Waals surface area contributed by atoms with Gasteiger partial charge in [0.15, 0.2) is 5.78 Å². The molecule has 0 saturated heterocycles. The second-order valence-electron chi connectivity index (χ2n) is 4.07. The summed E-state index contributed by atoms with van der Waals surface area (Å²) in [7, 11) is 0. The Hall–Kier alpha value is -1.02. The molecule has 0 aliphatic heterocycles. The van der Waals surface area contributed by atoms with Gasteiger partial charge in [0.1, 0.15) is 0 Å². The van der Waals surface area contributed by atoms with Crippen LogP contribution in [-0.2, 0) is 4.79 Å². The smallest absolute Gasteiger partial charge is 0.158 e. The molecule has 0 N–H and O–H groups in total. The molecule has 0 atom stereocenters. The summed E-state index contributed by atoms with van der Waals surface area (Å²) < 4.78 is 0. The zero-order valence-corrected chi connectivity index (χ0v) is 10.3. The maximum absolute atomic E-state index is 11.6. The molecule has 0 bridgehead atoms. The van der Waals surface area contributed by atoms with Crippen molar-refractivity contribution in [2.45, 2.75) is 30.6 Å². The maximum atomic E-state index is 11.6. The fourth-order valence-corrected chi connectivity index (χ4v) is 2.36. The van der Waals surface area contributed by atoms with Gasteiger partial charge in [-0.3, -0.25) is 4.79 Å². The lowest BCUT2D eigenvalue weighted by Crippen LogP contribution is -2.07. The lowest BCUT2D eigenvalue weighted by atomic mass is 9.92. The molecule has 0 aromatic heterocycles. The molecule has 84 valence electrons. The highest BCUT2D eigenvalue weighted by Gasteiger charge is 2.14. The summed E-state index contributed by atoms with van der Waals surface area (Å²) in [5.74, 6) is 0.334. The molecule has 1 aliphatic carbocycles. The van der Waals surface area contributed by atoms with Crippen molar-refractivity contribution in [1.82, 2.24) is 0 Å². The van der Waals surface area contributed by atoms with Gasteiger partial charge in [-0.15, -0.1) is 11.8 Å². The van der Waals surface area contributed by atoms with Crippen LogP contribution in [0.25, 0.3) is 6.08 Å². The first-order valence-corrected chi connectivity index (χ1v) is 6.90. The van der Waals surface area contributed by atoms with E-state index in [0.29, 0.717) is 5.78 Å².